The van der Waals surface area contributed by atoms with Gasteiger partial charge in [0, 0.05) is 5.69 Å². The summed E-state index contributed by atoms with van der Waals surface area (Å²) in [5.74, 6) is -0.364. The van der Waals surface area contributed by atoms with Crippen LogP contribution in [0, 0.1) is 0 Å². The third kappa shape index (κ3) is 3.26. The van der Waals surface area contributed by atoms with Gasteiger partial charge in [-0.05, 0) is 30.7 Å². The maximum absolute atomic E-state index is 12.2. The molecule has 0 aliphatic carbocycles. The largest absolute Gasteiger partial charge is 0.399 e. The number of nitrogens with two attached hydrogens (primary N) is 1. The highest BCUT2D eigenvalue weighted by atomic mass is 35.5. The summed E-state index contributed by atoms with van der Waals surface area (Å²) in [5, 5.41) is 3.27. The van der Waals surface area contributed by atoms with E-state index in [1.165, 1.54) is 0 Å². The number of nitrogen functional groups attached to an aromatic ring is 1. The lowest BCUT2D eigenvalue weighted by Gasteiger charge is -2.13. The molecule has 0 aliphatic rings. The minimum atomic E-state index is -0.251. The molecule has 0 bridgehead atoms. The summed E-state index contributed by atoms with van der Waals surface area (Å²) in [7, 11) is 0. The molecule has 0 radical (unpaired) electrons. The van der Waals surface area contributed by atoms with Gasteiger partial charge in [-0.3, -0.25) is 4.79 Å². The smallest absolute Gasteiger partial charge is 0.231 e. The van der Waals surface area contributed by atoms with Crippen molar-refractivity contribution in [1.82, 2.24) is 0 Å². The molecule has 2 aromatic carbocycles. The normalized spacial score (nSPS) is 11.9. The van der Waals surface area contributed by atoms with Gasteiger partial charge in [-0.1, -0.05) is 41.9 Å². The number of carbonyl (C=O) groups excluding carboxylic acids is 1. The molecule has 2 aromatic rings. The van der Waals surface area contributed by atoms with E-state index in [0.717, 1.165) is 5.56 Å². The van der Waals surface area contributed by atoms with Crippen molar-refractivity contribution >= 4 is 28.9 Å². The first-order valence-electron chi connectivity index (χ1n) is 5.99. The third-order valence-corrected chi connectivity index (χ3v) is 3.27. The first-order chi connectivity index (χ1) is 9.08. The van der Waals surface area contributed by atoms with Gasteiger partial charge < -0.3 is 11.1 Å². The van der Waals surface area contributed by atoms with E-state index in [-0.39, 0.29) is 11.8 Å². The molecular formula is C15H15ClN2O. The first-order valence-corrected chi connectivity index (χ1v) is 6.36. The van der Waals surface area contributed by atoms with Gasteiger partial charge in [-0.2, -0.15) is 0 Å². The van der Waals surface area contributed by atoms with Gasteiger partial charge in [0.1, 0.15) is 0 Å². The van der Waals surface area contributed by atoms with Crippen LogP contribution >= 0.6 is 11.6 Å². The minimum Gasteiger partial charge on any atom is -0.399 e. The Kier molecular flexibility index (Phi) is 4.07. The first kappa shape index (κ1) is 13.4. The Morgan fingerprint density at radius 1 is 1.21 bits per heavy atom. The summed E-state index contributed by atoms with van der Waals surface area (Å²) in [6, 6.07) is 14.6. The molecule has 0 aromatic heterocycles. The van der Waals surface area contributed by atoms with E-state index in [0.29, 0.717) is 16.4 Å². The quantitative estimate of drug-likeness (QED) is 0.839. The molecule has 19 heavy (non-hydrogen) atoms. The van der Waals surface area contributed by atoms with E-state index in [2.05, 4.69) is 5.32 Å². The Balaban J connectivity index is 2.15. The monoisotopic (exact) mass is 274 g/mol. The Bertz CT molecular complexity index is 584. The molecular weight excluding hydrogens is 260 g/mol. The van der Waals surface area contributed by atoms with Crippen molar-refractivity contribution in [1.29, 1.82) is 0 Å². The average Bonchev–Trinajstić information content (AvgIpc) is 2.43. The number of rotatable bonds is 3. The average molecular weight is 275 g/mol. The summed E-state index contributed by atoms with van der Waals surface area (Å²) < 4.78 is 0. The SMILES string of the molecule is CC(C(=O)Nc1cc(N)ccc1Cl)c1ccccc1. The Hall–Kier alpha value is -2.00. The molecule has 1 amide bonds. The standard InChI is InChI=1S/C15H15ClN2O/c1-10(11-5-3-2-4-6-11)15(19)18-14-9-12(17)7-8-13(14)16/h2-10H,17H2,1H3,(H,18,19). The minimum absolute atomic E-state index is 0.112. The van der Waals surface area contributed by atoms with Crippen LogP contribution in [-0.4, -0.2) is 5.91 Å². The Labute approximate surface area is 117 Å². The predicted molar refractivity (Wildman–Crippen MR) is 79.4 cm³/mol. The number of nitrogens with one attached hydrogen (secondary N) is 1. The molecule has 0 saturated heterocycles. The van der Waals surface area contributed by atoms with Gasteiger partial charge in [-0.25, -0.2) is 0 Å². The number of hydrogen-bond acceptors (Lipinski definition) is 2. The summed E-state index contributed by atoms with van der Waals surface area (Å²) in [6.07, 6.45) is 0. The van der Waals surface area contributed by atoms with E-state index < -0.39 is 0 Å². The van der Waals surface area contributed by atoms with Crippen LogP contribution in [0.5, 0.6) is 0 Å². The van der Waals surface area contributed by atoms with Crippen LogP contribution in [0.1, 0.15) is 18.4 Å². The second-order valence-corrected chi connectivity index (χ2v) is 4.77. The summed E-state index contributed by atoms with van der Waals surface area (Å²) >= 11 is 6.02. The lowest BCUT2D eigenvalue weighted by atomic mass is 10.0. The molecule has 1 unspecified atom stereocenters. The number of anilines is 2. The fourth-order valence-corrected chi connectivity index (χ4v) is 1.94. The number of amides is 1. The van der Waals surface area contributed by atoms with Crippen LogP contribution in [0.4, 0.5) is 11.4 Å². The fraction of sp³-hybridized carbons (Fsp3) is 0.133. The number of halogens is 1. The van der Waals surface area contributed by atoms with Gasteiger partial charge in [-0.15, -0.1) is 0 Å². The maximum atomic E-state index is 12.2. The van der Waals surface area contributed by atoms with E-state index in [9.17, 15) is 4.79 Å². The maximum Gasteiger partial charge on any atom is 0.231 e. The molecule has 1 atom stereocenters. The van der Waals surface area contributed by atoms with E-state index >= 15 is 0 Å². The molecule has 0 heterocycles. The fourth-order valence-electron chi connectivity index (χ4n) is 1.77. The number of hydrogen-bond donors (Lipinski definition) is 2. The summed E-state index contributed by atoms with van der Waals surface area (Å²) in [5.41, 5.74) is 7.74. The van der Waals surface area contributed by atoms with Crippen molar-refractivity contribution < 1.29 is 4.79 Å². The van der Waals surface area contributed by atoms with Crippen LogP contribution in [0.15, 0.2) is 48.5 Å². The van der Waals surface area contributed by atoms with Crippen molar-refractivity contribution in [3.05, 3.63) is 59.1 Å². The molecule has 3 N–H and O–H groups in total. The molecule has 4 heteroatoms. The Morgan fingerprint density at radius 3 is 2.58 bits per heavy atom. The van der Waals surface area contributed by atoms with Crippen LogP contribution in [0.3, 0.4) is 0 Å². The highest BCUT2D eigenvalue weighted by Gasteiger charge is 2.16. The van der Waals surface area contributed by atoms with Gasteiger partial charge >= 0.3 is 0 Å². The molecule has 0 saturated carbocycles. The van der Waals surface area contributed by atoms with Gasteiger partial charge in [0.25, 0.3) is 0 Å². The van der Waals surface area contributed by atoms with E-state index in [1.807, 2.05) is 37.3 Å². The number of benzene rings is 2. The highest BCUT2D eigenvalue weighted by molar-refractivity contribution is 6.33. The van der Waals surface area contributed by atoms with Crippen LogP contribution in [0.2, 0.25) is 5.02 Å². The van der Waals surface area contributed by atoms with Gasteiger partial charge in [0.05, 0.1) is 16.6 Å². The predicted octanol–water partition coefficient (Wildman–Crippen LogP) is 3.66. The molecule has 98 valence electrons. The Morgan fingerprint density at radius 2 is 1.89 bits per heavy atom. The molecule has 3 nitrogen and oxygen atoms in total. The second kappa shape index (κ2) is 5.76. The van der Waals surface area contributed by atoms with Crippen LogP contribution < -0.4 is 11.1 Å². The van der Waals surface area contributed by atoms with Crippen molar-refractivity contribution in [2.75, 3.05) is 11.1 Å². The molecule has 0 aliphatic heterocycles. The van der Waals surface area contributed by atoms with Crippen molar-refractivity contribution in [3.63, 3.8) is 0 Å². The van der Waals surface area contributed by atoms with Gasteiger partial charge in [0.2, 0.25) is 5.91 Å². The van der Waals surface area contributed by atoms with Crippen molar-refractivity contribution in [3.8, 4) is 0 Å². The lowest BCUT2D eigenvalue weighted by Crippen LogP contribution is -2.19. The molecule has 2 rings (SSSR count). The highest BCUT2D eigenvalue weighted by Crippen LogP contribution is 2.26. The van der Waals surface area contributed by atoms with Crippen molar-refractivity contribution in [2.24, 2.45) is 0 Å². The van der Waals surface area contributed by atoms with E-state index in [4.69, 9.17) is 17.3 Å². The summed E-state index contributed by atoms with van der Waals surface area (Å²) in [4.78, 5) is 12.2. The zero-order chi connectivity index (χ0) is 13.8. The zero-order valence-corrected chi connectivity index (χ0v) is 11.3. The summed E-state index contributed by atoms with van der Waals surface area (Å²) in [6.45, 7) is 1.85. The van der Waals surface area contributed by atoms with Gasteiger partial charge in [0.15, 0.2) is 0 Å². The number of carbonyl (C=O) groups is 1. The lowest BCUT2D eigenvalue weighted by molar-refractivity contribution is -0.117. The molecule has 0 fully saturated rings. The zero-order valence-electron chi connectivity index (χ0n) is 10.6. The topological polar surface area (TPSA) is 55.1 Å². The second-order valence-electron chi connectivity index (χ2n) is 4.36. The molecule has 0 spiro atoms. The van der Waals surface area contributed by atoms with Crippen LogP contribution in [0.25, 0.3) is 0 Å². The van der Waals surface area contributed by atoms with E-state index in [1.54, 1.807) is 18.2 Å². The van der Waals surface area contributed by atoms with Crippen LogP contribution in [-0.2, 0) is 4.79 Å². The third-order valence-electron chi connectivity index (χ3n) is 2.94. The van der Waals surface area contributed by atoms with Crippen molar-refractivity contribution in [2.45, 2.75) is 12.8 Å².